The van der Waals surface area contributed by atoms with Crippen molar-refractivity contribution in [3.05, 3.63) is 84.7 Å². The lowest BCUT2D eigenvalue weighted by atomic mass is 10.0. The number of pyridine rings is 1. The molecule has 1 aromatic heterocycles. The van der Waals surface area contributed by atoms with E-state index in [1.807, 2.05) is 66.7 Å². The van der Waals surface area contributed by atoms with Crippen LogP contribution in [0.15, 0.2) is 79.1 Å². The van der Waals surface area contributed by atoms with Crippen LogP contribution in [0.5, 0.6) is 0 Å². The van der Waals surface area contributed by atoms with Crippen LogP contribution in [-0.2, 0) is 11.2 Å². The van der Waals surface area contributed by atoms with Gasteiger partial charge in [-0.1, -0.05) is 42.5 Å². The molecule has 1 atom stereocenters. The molecule has 0 aliphatic carbocycles. The van der Waals surface area contributed by atoms with Gasteiger partial charge >= 0.3 is 0 Å². The van der Waals surface area contributed by atoms with E-state index >= 15 is 0 Å². The minimum absolute atomic E-state index is 0.0389. The second kappa shape index (κ2) is 8.22. The van der Waals surface area contributed by atoms with Gasteiger partial charge in [-0.3, -0.25) is 9.78 Å². The van der Waals surface area contributed by atoms with Crippen LogP contribution in [0.2, 0.25) is 0 Å². The Morgan fingerprint density at radius 1 is 0.920 bits per heavy atom. The highest BCUT2D eigenvalue weighted by Crippen LogP contribution is 2.20. The molecule has 25 heavy (non-hydrogen) atoms. The van der Waals surface area contributed by atoms with E-state index in [2.05, 4.69) is 15.6 Å². The fourth-order valence-corrected chi connectivity index (χ4v) is 2.70. The van der Waals surface area contributed by atoms with Gasteiger partial charge in [0, 0.05) is 18.1 Å². The van der Waals surface area contributed by atoms with E-state index < -0.39 is 0 Å². The lowest BCUT2D eigenvalue weighted by Gasteiger charge is -2.16. The van der Waals surface area contributed by atoms with Crippen molar-refractivity contribution < 1.29 is 4.79 Å². The maximum Gasteiger partial charge on any atom is 0.241 e. The number of nitrogens with one attached hydrogen (secondary N) is 2. The normalized spacial score (nSPS) is 11.7. The van der Waals surface area contributed by atoms with Crippen molar-refractivity contribution >= 4 is 11.6 Å². The van der Waals surface area contributed by atoms with E-state index in [-0.39, 0.29) is 11.9 Å². The average molecular weight is 331 g/mol. The van der Waals surface area contributed by atoms with Crippen LogP contribution in [0.4, 0.5) is 5.69 Å². The van der Waals surface area contributed by atoms with Crippen molar-refractivity contribution in [2.45, 2.75) is 12.5 Å². The number of likely N-dealkylation sites (N-methyl/N-ethyl adjacent to an activating group) is 1. The van der Waals surface area contributed by atoms with Crippen LogP contribution in [0.3, 0.4) is 0 Å². The summed E-state index contributed by atoms with van der Waals surface area (Å²) in [6.45, 7) is 0. The van der Waals surface area contributed by atoms with Crippen LogP contribution in [0.1, 0.15) is 5.56 Å². The standard InChI is InChI=1S/C21H21N3O/c1-22-20(15-16-5-3-2-4-6-16)21(25)24-19-9-7-17(8-10-19)18-11-13-23-14-12-18/h2-14,20,22H,15H2,1H3,(H,24,25)/t20-/m0/s1. The molecule has 4 nitrogen and oxygen atoms in total. The van der Waals surface area contributed by atoms with Gasteiger partial charge in [0.05, 0.1) is 6.04 Å². The average Bonchev–Trinajstić information content (AvgIpc) is 2.68. The second-order valence-electron chi connectivity index (χ2n) is 5.83. The number of nitrogens with zero attached hydrogens (tertiary/aromatic N) is 1. The molecule has 0 bridgehead atoms. The second-order valence-corrected chi connectivity index (χ2v) is 5.83. The minimum atomic E-state index is -0.276. The summed E-state index contributed by atoms with van der Waals surface area (Å²) in [6, 6.07) is 21.5. The molecule has 3 aromatic rings. The molecule has 0 spiro atoms. The third kappa shape index (κ3) is 4.52. The van der Waals surface area contributed by atoms with Crippen LogP contribution < -0.4 is 10.6 Å². The summed E-state index contributed by atoms with van der Waals surface area (Å²) < 4.78 is 0. The van der Waals surface area contributed by atoms with Crippen LogP contribution in [-0.4, -0.2) is 24.0 Å². The third-order valence-corrected chi connectivity index (χ3v) is 4.11. The van der Waals surface area contributed by atoms with Gasteiger partial charge in [0.1, 0.15) is 0 Å². The molecule has 0 radical (unpaired) electrons. The predicted molar refractivity (Wildman–Crippen MR) is 101 cm³/mol. The molecule has 0 aliphatic heterocycles. The summed E-state index contributed by atoms with van der Waals surface area (Å²) in [4.78, 5) is 16.5. The van der Waals surface area contributed by atoms with Gasteiger partial charge in [0.25, 0.3) is 0 Å². The van der Waals surface area contributed by atoms with E-state index in [0.717, 1.165) is 22.4 Å². The molecule has 2 N–H and O–H groups in total. The first-order chi connectivity index (χ1) is 12.3. The molecule has 1 heterocycles. The molecule has 2 aromatic carbocycles. The summed E-state index contributed by atoms with van der Waals surface area (Å²) in [5, 5.41) is 6.07. The molecule has 3 rings (SSSR count). The van der Waals surface area contributed by atoms with E-state index in [0.29, 0.717) is 6.42 Å². The van der Waals surface area contributed by atoms with Crippen LogP contribution in [0, 0.1) is 0 Å². The maximum atomic E-state index is 12.5. The fraction of sp³-hybridized carbons (Fsp3) is 0.143. The first-order valence-electron chi connectivity index (χ1n) is 8.29. The molecule has 0 aliphatic rings. The number of amides is 1. The summed E-state index contributed by atoms with van der Waals surface area (Å²) in [7, 11) is 1.81. The van der Waals surface area contributed by atoms with E-state index in [4.69, 9.17) is 0 Å². The van der Waals surface area contributed by atoms with Gasteiger partial charge in [0.2, 0.25) is 5.91 Å². The van der Waals surface area contributed by atoms with Gasteiger partial charge in [0.15, 0.2) is 0 Å². The zero-order valence-corrected chi connectivity index (χ0v) is 14.1. The number of benzene rings is 2. The SMILES string of the molecule is CN[C@@H](Cc1ccccc1)C(=O)Nc1ccc(-c2ccncc2)cc1. The number of carbonyl (C=O) groups excluding carboxylic acids is 1. The van der Waals surface area contributed by atoms with Crippen molar-refractivity contribution in [3.63, 3.8) is 0 Å². The number of aromatic nitrogens is 1. The van der Waals surface area contributed by atoms with Crippen molar-refractivity contribution in [2.24, 2.45) is 0 Å². The molecule has 4 heteroatoms. The van der Waals surface area contributed by atoms with Crippen LogP contribution >= 0.6 is 0 Å². The lowest BCUT2D eigenvalue weighted by Crippen LogP contribution is -2.40. The number of hydrogen-bond donors (Lipinski definition) is 2. The summed E-state index contributed by atoms with van der Waals surface area (Å²) in [6.07, 6.45) is 4.19. The molecular formula is C21H21N3O. The first kappa shape index (κ1) is 16.9. The molecule has 0 saturated carbocycles. The third-order valence-electron chi connectivity index (χ3n) is 4.11. The number of hydrogen-bond acceptors (Lipinski definition) is 3. The Labute approximate surface area is 147 Å². The number of carbonyl (C=O) groups is 1. The van der Waals surface area contributed by atoms with Gasteiger partial charge in [-0.05, 0) is 54.4 Å². The summed E-state index contributed by atoms with van der Waals surface area (Å²) >= 11 is 0. The van der Waals surface area contributed by atoms with E-state index in [1.54, 1.807) is 19.4 Å². The highest BCUT2D eigenvalue weighted by molar-refractivity contribution is 5.95. The quantitative estimate of drug-likeness (QED) is 0.727. The largest absolute Gasteiger partial charge is 0.325 e. The minimum Gasteiger partial charge on any atom is -0.325 e. The molecule has 0 unspecified atom stereocenters. The Morgan fingerprint density at radius 3 is 2.20 bits per heavy atom. The number of anilines is 1. The van der Waals surface area contributed by atoms with E-state index in [9.17, 15) is 4.79 Å². The summed E-state index contributed by atoms with van der Waals surface area (Å²) in [5.41, 5.74) is 4.11. The monoisotopic (exact) mass is 331 g/mol. The molecule has 126 valence electrons. The van der Waals surface area contributed by atoms with Gasteiger partial charge < -0.3 is 10.6 Å². The van der Waals surface area contributed by atoms with Gasteiger partial charge in [-0.2, -0.15) is 0 Å². The lowest BCUT2D eigenvalue weighted by molar-refractivity contribution is -0.118. The zero-order chi connectivity index (χ0) is 17.5. The molecular weight excluding hydrogens is 310 g/mol. The topological polar surface area (TPSA) is 54.0 Å². The van der Waals surface area contributed by atoms with Crippen molar-refractivity contribution in [1.29, 1.82) is 0 Å². The molecule has 0 fully saturated rings. The van der Waals surface area contributed by atoms with Gasteiger partial charge in [-0.15, -0.1) is 0 Å². The molecule has 1 amide bonds. The first-order valence-corrected chi connectivity index (χ1v) is 8.29. The predicted octanol–water partition coefficient (Wildman–Crippen LogP) is 3.52. The smallest absolute Gasteiger partial charge is 0.241 e. The maximum absolute atomic E-state index is 12.5. The molecule has 0 saturated heterocycles. The van der Waals surface area contributed by atoms with Crippen molar-refractivity contribution in [1.82, 2.24) is 10.3 Å². The van der Waals surface area contributed by atoms with Crippen molar-refractivity contribution in [2.75, 3.05) is 12.4 Å². The van der Waals surface area contributed by atoms with Crippen LogP contribution in [0.25, 0.3) is 11.1 Å². The Balaban J connectivity index is 1.65. The Morgan fingerprint density at radius 2 is 1.56 bits per heavy atom. The fourth-order valence-electron chi connectivity index (χ4n) is 2.70. The highest BCUT2D eigenvalue weighted by atomic mass is 16.2. The van der Waals surface area contributed by atoms with E-state index in [1.165, 1.54) is 0 Å². The summed E-state index contributed by atoms with van der Waals surface area (Å²) in [5.74, 6) is -0.0389. The van der Waals surface area contributed by atoms with Crippen molar-refractivity contribution in [3.8, 4) is 11.1 Å². The Hall–Kier alpha value is -2.98. The number of rotatable bonds is 6. The van der Waals surface area contributed by atoms with Gasteiger partial charge in [-0.25, -0.2) is 0 Å². The Kier molecular flexibility index (Phi) is 5.54. The highest BCUT2D eigenvalue weighted by Gasteiger charge is 2.16. The Bertz CT molecular complexity index is 802. The zero-order valence-electron chi connectivity index (χ0n) is 14.1.